The van der Waals surface area contributed by atoms with Crippen molar-refractivity contribution in [3.63, 3.8) is 0 Å². The van der Waals surface area contributed by atoms with E-state index in [0.717, 1.165) is 12.3 Å². The van der Waals surface area contributed by atoms with Gasteiger partial charge >= 0.3 is 0 Å². The summed E-state index contributed by atoms with van der Waals surface area (Å²) in [5.41, 5.74) is 6.85. The fourth-order valence-corrected chi connectivity index (χ4v) is 1.80. The third kappa shape index (κ3) is 5.17. The molecule has 1 rings (SSSR count). The van der Waals surface area contributed by atoms with Crippen LogP contribution in [-0.2, 0) is 6.42 Å². The van der Waals surface area contributed by atoms with Crippen LogP contribution in [0.5, 0.6) is 5.75 Å². The molecule has 0 heterocycles. The van der Waals surface area contributed by atoms with Gasteiger partial charge in [-0.3, -0.25) is 0 Å². The van der Waals surface area contributed by atoms with Gasteiger partial charge in [-0.15, -0.1) is 0 Å². The molecular formula is C14H23NO. The molecule has 0 atom stereocenters. The first kappa shape index (κ1) is 13.0. The molecule has 90 valence electrons. The van der Waals surface area contributed by atoms with Gasteiger partial charge in [-0.1, -0.05) is 31.4 Å². The second kappa shape index (κ2) is 8.17. The molecule has 1 aromatic rings. The van der Waals surface area contributed by atoms with E-state index in [1.807, 2.05) is 12.1 Å². The Bertz CT molecular complexity index is 269. The first-order valence-corrected chi connectivity index (χ1v) is 6.20. The summed E-state index contributed by atoms with van der Waals surface area (Å²) in [6, 6.07) is 8.37. The average molecular weight is 221 g/mol. The van der Waals surface area contributed by atoms with Crippen molar-refractivity contribution in [1.82, 2.24) is 0 Å². The Balaban J connectivity index is 2.12. The predicted octanol–water partition coefficient (Wildman–Crippen LogP) is 3.15. The Morgan fingerprint density at radius 2 is 1.56 bits per heavy atom. The van der Waals surface area contributed by atoms with Crippen molar-refractivity contribution < 1.29 is 4.74 Å². The van der Waals surface area contributed by atoms with Crippen LogP contribution in [0.1, 0.15) is 37.7 Å². The fraction of sp³-hybridized carbons (Fsp3) is 0.571. The van der Waals surface area contributed by atoms with E-state index in [0.29, 0.717) is 0 Å². The van der Waals surface area contributed by atoms with Crippen LogP contribution in [-0.4, -0.2) is 13.7 Å². The second-order valence-electron chi connectivity index (χ2n) is 4.15. The summed E-state index contributed by atoms with van der Waals surface area (Å²) in [7, 11) is 1.70. The first-order valence-electron chi connectivity index (χ1n) is 6.20. The monoisotopic (exact) mass is 221 g/mol. The normalized spacial score (nSPS) is 10.4. The van der Waals surface area contributed by atoms with Crippen LogP contribution in [0.3, 0.4) is 0 Å². The van der Waals surface area contributed by atoms with E-state index < -0.39 is 0 Å². The Kier molecular flexibility index (Phi) is 6.66. The smallest absolute Gasteiger partial charge is 0.118 e. The van der Waals surface area contributed by atoms with E-state index in [2.05, 4.69) is 12.1 Å². The van der Waals surface area contributed by atoms with Gasteiger partial charge in [0.2, 0.25) is 0 Å². The van der Waals surface area contributed by atoms with E-state index in [1.54, 1.807) is 7.11 Å². The van der Waals surface area contributed by atoms with Gasteiger partial charge < -0.3 is 10.5 Å². The molecule has 2 nitrogen and oxygen atoms in total. The number of hydrogen-bond donors (Lipinski definition) is 1. The molecule has 0 spiro atoms. The first-order chi connectivity index (χ1) is 7.86. The van der Waals surface area contributed by atoms with Crippen LogP contribution in [0.25, 0.3) is 0 Å². The lowest BCUT2D eigenvalue weighted by atomic mass is 10.1. The topological polar surface area (TPSA) is 35.2 Å². The molecule has 0 bridgehead atoms. The number of nitrogens with two attached hydrogens (primary N) is 1. The van der Waals surface area contributed by atoms with Gasteiger partial charge in [0.05, 0.1) is 7.11 Å². The van der Waals surface area contributed by atoms with Gasteiger partial charge in [-0.2, -0.15) is 0 Å². The third-order valence-electron chi connectivity index (χ3n) is 2.83. The molecule has 0 aliphatic carbocycles. The van der Waals surface area contributed by atoms with Gasteiger partial charge in [0, 0.05) is 0 Å². The molecule has 0 aliphatic heterocycles. The minimum atomic E-state index is 0.832. The molecule has 0 unspecified atom stereocenters. The van der Waals surface area contributed by atoms with Crippen molar-refractivity contribution in [2.75, 3.05) is 13.7 Å². The number of methoxy groups -OCH3 is 1. The highest BCUT2D eigenvalue weighted by molar-refractivity contribution is 5.27. The SMILES string of the molecule is COc1ccc(CCCCCCCN)cc1. The summed E-state index contributed by atoms with van der Waals surface area (Å²) in [5.74, 6) is 0.937. The summed E-state index contributed by atoms with van der Waals surface area (Å²) in [5, 5.41) is 0. The lowest BCUT2D eigenvalue weighted by Gasteiger charge is -2.03. The van der Waals surface area contributed by atoms with E-state index in [9.17, 15) is 0 Å². The van der Waals surface area contributed by atoms with Gasteiger partial charge in [0.15, 0.2) is 0 Å². The fourth-order valence-electron chi connectivity index (χ4n) is 1.80. The number of hydrogen-bond acceptors (Lipinski definition) is 2. The van der Waals surface area contributed by atoms with Crippen LogP contribution in [0, 0.1) is 0 Å². The lowest BCUT2D eigenvalue weighted by molar-refractivity contribution is 0.414. The molecule has 16 heavy (non-hydrogen) atoms. The molecule has 0 radical (unpaired) electrons. The van der Waals surface area contributed by atoms with E-state index in [-0.39, 0.29) is 0 Å². The van der Waals surface area contributed by atoms with Crippen molar-refractivity contribution in [2.24, 2.45) is 5.73 Å². The van der Waals surface area contributed by atoms with Gasteiger partial charge in [0.25, 0.3) is 0 Å². The number of ether oxygens (including phenoxy) is 1. The summed E-state index contributed by atoms with van der Waals surface area (Å²) >= 11 is 0. The van der Waals surface area contributed by atoms with Crippen LogP contribution >= 0.6 is 0 Å². The molecular weight excluding hydrogens is 198 g/mol. The molecule has 0 fully saturated rings. The van der Waals surface area contributed by atoms with Crippen molar-refractivity contribution in [1.29, 1.82) is 0 Å². The van der Waals surface area contributed by atoms with Crippen molar-refractivity contribution in [2.45, 2.75) is 38.5 Å². The summed E-state index contributed by atoms with van der Waals surface area (Å²) in [6.45, 7) is 0.832. The van der Waals surface area contributed by atoms with Gasteiger partial charge in [-0.25, -0.2) is 0 Å². The Morgan fingerprint density at radius 1 is 0.938 bits per heavy atom. The van der Waals surface area contributed by atoms with Gasteiger partial charge in [0.1, 0.15) is 5.75 Å². The summed E-state index contributed by atoms with van der Waals surface area (Å²) < 4.78 is 5.13. The quantitative estimate of drug-likeness (QED) is 0.684. The number of aryl methyl sites for hydroxylation is 1. The molecule has 2 N–H and O–H groups in total. The molecule has 0 amide bonds. The van der Waals surface area contributed by atoms with Crippen molar-refractivity contribution >= 4 is 0 Å². The minimum absolute atomic E-state index is 0.832. The molecule has 1 aromatic carbocycles. The van der Waals surface area contributed by atoms with Gasteiger partial charge in [-0.05, 0) is 43.5 Å². The highest BCUT2D eigenvalue weighted by Crippen LogP contribution is 2.14. The van der Waals surface area contributed by atoms with Crippen LogP contribution in [0.15, 0.2) is 24.3 Å². The maximum atomic E-state index is 5.45. The molecule has 0 saturated heterocycles. The predicted molar refractivity (Wildman–Crippen MR) is 68.8 cm³/mol. The second-order valence-corrected chi connectivity index (χ2v) is 4.15. The van der Waals surface area contributed by atoms with E-state index in [1.165, 1.54) is 44.1 Å². The third-order valence-corrected chi connectivity index (χ3v) is 2.83. The Hall–Kier alpha value is -1.02. The highest BCUT2D eigenvalue weighted by Gasteiger charge is 1.95. The molecule has 0 aromatic heterocycles. The number of rotatable bonds is 8. The highest BCUT2D eigenvalue weighted by atomic mass is 16.5. The summed E-state index contributed by atoms with van der Waals surface area (Å²) in [4.78, 5) is 0. The standard InChI is InChI=1S/C14H23NO/c1-16-14-10-8-13(9-11-14)7-5-3-2-4-6-12-15/h8-11H,2-7,12,15H2,1H3. The average Bonchev–Trinajstić information content (AvgIpc) is 2.34. The zero-order valence-electron chi connectivity index (χ0n) is 10.2. The Labute approximate surface area is 98.8 Å². The maximum Gasteiger partial charge on any atom is 0.118 e. The van der Waals surface area contributed by atoms with E-state index >= 15 is 0 Å². The largest absolute Gasteiger partial charge is 0.497 e. The van der Waals surface area contributed by atoms with Crippen LogP contribution in [0.2, 0.25) is 0 Å². The Morgan fingerprint density at radius 3 is 2.19 bits per heavy atom. The van der Waals surface area contributed by atoms with Crippen LogP contribution < -0.4 is 10.5 Å². The van der Waals surface area contributed by atoms with E-state index in [4.69, 9.17) is 10.5 Å². The minimum Gasteiger partial charge on any atom is -0.497 e. The van der Waals surface area contributed by atoms with Crippen LogP contribution in [0.4, 0.5) is 0 Å². The zero-order chi connectivity index (χ0) is 11.6. The summed E-state index contributed by atoms with van der Waals surface area (Å²) in [6.07, 6.45) is 7.52. The maximum absolute atomic E-state index is 5.45. The lowest BCUT2D eigenvalue weighted by Crippen LogP contribution is -1.97. The molecule has 2 heteroatoms. The molecule has 0 saturated carbocycles. The zero-order valence-corrected chi connectivity index (χ0v) is 10.2. The molecule has 0 aliphatic rings. The number of benzene rings is 1. The number of unbranched alkanes of at least 4 members (excludes halogenated alkanes) is 4. The van der Waals surface area contributed by atoms with Crippen molar-refractivity contribution in [3.8, 4) is 5.75 Å². The van der Waals surface area contributed by atoms with Crippen molar-refractivity contribution in [3.05, 3.63) is 29.8 Å².